The maximum absolute atomic E-state index is 13.2. The van der Waals surface area contributed by atoms with E-state index < -0.39 is 33.5 Å². The van der Waals surface area contributed by atoms with E-state index in [9.17, 15) is 22.8 Å². The van der Waals surface area contributed by atoms with Crippen LogP contribution < -0.4 is 15.7 Å². The smallest absolute Gasteiger partial charge is 0.444 e. The predicted octanol–water partition coefficient (Wildman–Crippen LogP) is 1.10. The number of aryl methyl sites for hydroxylation is 2. The van der Waals surface area contributed by atoms with Crippen LogP contribution in [0.15, 0.2) is 34.0 Å². The average molecular weight is 449 g/mol. The number of nitrogens with zero attached hydrogens (tertiary/aromatic N) is 4. The average Bonchev–Trinajstić information content (AvgIpc) is 3.08. The van der Waals surface area contributed by atoms with Crippen molar-refractivity contribution in [2.45, 2.75) is 33.3 Å². The molecule has 1 N–H and O–H groups in total. The number of aromatic nitrogens is 4. The maximum Gasteiger partial charge on any atom is 0.444 e. The third-order valence-electron chi connectivity index (χ3n) is 4.57. The lowest BCUT2D eigenvalue weighted by atomic mass is 10.00. The van der Waals surface area contributed by atoms with E-state index in [2.05, 4.69) is 10.1 Å². The van der Waals surface area contributed by atoms with Crippen LogP contribution >= 0.6 is 0 Å². The molecule has 1 aromatic carbocycles. The van der Waals surface area contributed by atoms with Crippen molar-refractivity contribution in [1.82, 2.24) is 19.4 Å². The molecule has 0 saturated heterocycles. The minimum atomic E-state index is -4.36. The Labute approximate surface area is 177 Å². The first-order chi connectivity index (χ1) is 14.5. The molecule has 0 aliphatic heterocycles. The van der Waals surface area contributed by atoms with E-state index in [4.69, 9.17) is 4.74 Å². The molecule has 0 saturated carbocycles. The minimum absolute atomic E-state index is 0.0268. The number of hydrogen-bond acceptors (Lipinski definition) is 7. The Morgan fingerprint density at radius 2 is 1.97 bits per heavy atom. The van der Waals surface area contributed by atoms with Gasteiger partial charge < -0.3 is 9.72 Å². The summed E-state index contributed by atoms with van der Waals surface area (Å²) in [6, 6.07) is 4.98. The number of aromatic amines is 1. The van der Waals surface area contributed by atoms with E-state index in [1.165, 1.54) is 13.8 Å². The Hall–Kier alpha value is -3.41. The molecule has 0 fully saturated rings. The van der Waals surface area contributed by atoms with Gasteiger partial charge in [-0.1, -0.05) is 11.3 Å². The summed E-state index contributed by atoms with van der Waals surface area (Å²) in [7, 11) is -2.61. The molecule has 0 radical (unpaired) electrons. The van der Waals surface area contributed by atoms with E-state index in [1.807, 2.05) is 6.92 Å². The molecular formula is C19H23N5O6S. The summed E-state index contributed by atoms with van der Waals surface area (Å²) in [5.41, 5.74) is 0.439. The Kier molecular flexibility index (Phi) is 5.77. The topological polar surface area (TPSA) is 136 Å². The second-order valence-corrected chi connectivity index (χ2v) is 9.05. The summed E-state index contributed by atoms with van der Waals surface area (Å²) in [6.07, 6.45) is 0.887. The monoisotopic (exact) mass is 449 g/mol. The normalized spacial score (nSPS) is 11.8. The highest BCUT2D eigenvalue weighted by Crippen LogP contribution is 2.26. The first-order valence-electron chi connectivity index (χ1n) is 9.47. The van der Waals surface area contributed by atoms with Crippen molar-refractivity contribution in [2.24, 2.45) is 7.05 Å². The van der Waals surface area contributed by atoms with Crippen molar-refractivity contribution in [3.05, 3.63) is 50.8 Å². The standard InChI is InChI=1S/C19H23N5O6S/c1-6-12-9-15-14(10-13(12)16-7-8-20-22(16)4)17(25)23(18(26)21-15)24(31(5,28)29)19(27)30-11(2)3/h7-11H,6H2,1-5H3,(H,21,26). The van der Waals surface area contributed by atoms with Crippen LogP contribution in [0.5, 0.6) is 0 Å². The molecule has 0 aliphatic carbocycles. The second kappa shape index (κ2) is 8.02. The van der Waals surface area contributed by atoms with E-state index in [1.54, 1.807) is 36.1 Å². The van der Waals surface area contributed by atoms with Crippen LogP contribution in [-0.2, 0) is 28.2 Å². The highest BCUT2D eigenvalue weighted by molar-refractivity contribution is 7.92. The fourth-order valence-electron chi connectivity index (χ4n) is 3.25. The SMILES string of the molecule is CCc1cc2[nH]c(=O)n(N(C(=O)OC(C)C)S(C)(=O)=O)c(=O)c2cc1-c1ccnn1C. The number of nitrogens with one attached hydrogen (secondary N) is 1. The van der Waals surface area contributed by atoms with Crippen LogP contribution in [0.1, 0.15) is 26.3 Å². The van der Waals surface area contributed by atoms with Crippen LogP contribution in [0.2, 0.25) is 0 Å². The first kappa shape index (κ1) is 22.3. The zero-order chi connectivity index (χ0) is 23.1. The van der Waals surface area contributed by atoms with Crippen LogP contribution in [0.4, 0.5) is 4.79 Å². The van der Waals surface area contributed by atoms with Crippen molar-refractivity contribution in [3.8, 4) is 11.3 Å². The van der Waals surface area contributed by atoms with Gasteiger partial charge >= 0.3 is 11.8 Å². The van der Waals surface area contributed by atoms with Gasteiger partial charge in [-0.2, -0.15) is 5.10 Å². The van der Waals surface area contributed by atoms with Crippen molar-refractivity contribution in [1.29, 1.82) is 0 Å². The molecule has 2 heterocycles. The molecule has 1 amide bonds. The van der Waals surface area contributed by atoms with Crippen LogP contribution in [0.25, 0.3) is 22.2 Å². The van der Waals surface area contributed by atoms with Gasteiger partial charge in [0.15, 0.2) is 0 Å². The van der Waals surface area contributed by atoms with Gasteiger partial charge in [-0.15, -0.1) is 4.68 Å². The summed E-state index contributed by atoms with van der Waals surface area (Å²) >= 11 is 0. The molecule has 31 heavy (non-hydrogen) atoms. The molecule has 3 rings (SSSR count). The highest BCUT2D eigenvalue weighted by Gasteiger charge is 2.31. The van der Waals surface area contributed by atoms with Crippen LogP contribution in [-0.4, -0.2) is 46.3 Å². The summed E-state index contributed by atoms with van der Waals surface area (Å²) in [6.45, 7) is 4.95. The Morgan fingerprint density at radius 3 is 2.48 bits per heavy atom. The van der Waals surface area contributed by atoms with E-state index in [-0.39, 0.29) is 20.0 Å². The van der Waals surface area contributed by atoms with Crippen molar-refractivity contribution < 1.29 is 17.9 Å². The number of benzene rings is 1. The van der Waals surface area contributed by atoms with Gasteiger partial charge in [-0.05, 0) is 44.0 Å². The van der Waals surface area contributed by atoms with Gasteiger partial charge in [-0.3, -0.25) is 9.48 Å². The molecule has 0 bridgehead atoms. The molecule has 0 unspecified atom stereocenters. The summed E-state index contributed by atoms with van der Waals surface area (Å²) < 4.78 is 31.4. The lowest BCUT2D eigenvalue weighted by molar-refractivity contribution is 0.121. The van der Waals surface area contributed by atoms with Gasteiger partial charge in [0.2, 0.25) is 0 Å². The molecule has 2 aromatic heterocycles. The van der Waals surface area contributed by atoms with E-state index in [0.717, 1.165) is 11.3 Å². The van der Waals surface area contributed by atoms with Gasteiger partial charge in [0.1, 0.15) is 0 Å². The zero-order valence-electron chi connectivity index (χ0n) is 17.7. The van der Waals surface area contributed by atoms with Gasteiger partial charge in [0.25, 0.3) is 15.6 Å². The third-order valence-corrected chi connectivity index (χ3v) is 5.51. The zero-order valence-corrected chi connectivity index (χ0v) is 18.6. The van der Waals surface area contributed by atoms with Gasteiger partial charge in [0, 0.05) is 18.8 Å². The molecule has 0 aliphatic rings. The number of H-pyrrole nitrogens is 1. The maximum atomic E-state index is 13.2. The van der Waals surface area contributed by atoms with Gasteiger partial charge in [-0.25, -0.2) is 18.0 Å². The largest absolute Gasteiger partial charge is 0.445 e. The van der Waals surface area contributed by atoms with E-state index in [0.29, 0.717) is 18.2 Å². The van der Waals surface area contributed by atoms with Crippen LogP contribution in [0.3, 0.4) is 0 Å². The molecule has 166 valence electrons. The number of amides is 1. The number of sulfonamides is 1. The lowest BCUT2D eigenvalue weighted by Gasteiger charge is -2.22. The molecule has 3 aromatic rings. The molecule has 11 nitrogen and oxygen atoms in total. The molecule has 12 heteroatoms. The number of ether oxygens (including phenoxy) is 1. The summed E-state index contributed by atoms with van der Waals surface area (Å²) in [4.78, 5) is 40.9. The van der Waals surface area contributed by atoms with Crippen molar-refractivity contribution in [2.75, 3.05) is 10.7 Å². The fourth-order valence-corrected chi connectivity index (χ4v) is 4.00. The number of hydrogen-bond donors (Lipinski definition) is 1. The number of rotatable bonds is 5. The fraction of sp³-hybridized carbons (Fsp3) is 0.368. The second-order valence-electron chi connectivity index (χ2n) is 7.23. The van der Waals surface area contributed by atoms with E-state index >= 15 is 0 Å². The first-order valence-corrected chi connectivity index (χ1v) is 11.3. The third kappa shape index (κ3) is 4.10. The summed E-state index contributed by atoms with van der Waals surface area (Å²) in [5, 5.41) is 4.17. The molecule has 0 atom stereocenters. The Bertz CT molecular complexity index is 1380. The molecule has 0 spiro atoms. The number of carbonyl (C=O) groups is 1. The van der Waals surface area contributed by atoms with Crippen molar-refractivity contribution in [3.63, 3.8) is 0 Å². The summed E-state index contributed by atoms with van der Waals surface area (Å²) in [5.74, 6) is 0. The quantitative estimate of drug-likeness (QED) is 0.616. The number of fused-ring (bicyclic) bond motifs is 1. The van der Waals surface area contributed by atoms with Crippen molar-refractivity contribution >= 4 is 27.0 Å². The Balaban J connectivity index is 2.36. The minimum Gasteiger partial charge on any atom is -0.445 e. The Morgan fingerprint density at radius 1 is 1.29 bits per heavy atom. The number of carbonyl (C=O) groups excluding carboxylic acids is 1. The molecular weight excluding hydrogens is 426 g/mol. The van der Waals surface area contributed by atoms with Gasteiger partial charge in [0.05, 0.1) is 29.0 Å². The van der Waals surface area contributed by atoms with Crippen LogP contribution in [0, 0.1) is 0 Å². The predicted molar refractivity (Wildman–Crippen MR) is 115 cm³/mol. The lowest BCUT2D eigenvalue weighted by Crippen LogP contribution is -2.56. The highest BCUT2D eigenvalue weighted by atomic mass is 32.2.